The highest BCUT2D eigenvalue weighted by atomic mass is 35.5. The Hall–Kier alpha value is -1.34. The highest BCUT2D eigenvalue weighted by Gasteiger charge is 2.10. The van der Waals surface area contributed by atoms with Crippen molar-refractivity contribution in [2.75, 3.05) is 7.11 Å². The molecule has 1 rings (SSSR count). The molecule has 0 amide bonds. The monoisotopic (exact) mass is 197 g/mol. The van der Waals surface area contributed by atoms with Crippen LogP contribution in [0.2, 0.25) is 5.15 Å². The van der Waals surface area contributed by atoms with Crippen molar-refractivity contribution in [3.05, 3.63) is 16.5 Å². The molecular formula is C8H8ClN3O. The molecule has 0 aliphatic rings. The Bertz CT molecular complexity index is 359. The lowest BCUT2D eigenvalue weighted by Gasteiger charge is -2.04. The van der Waals surface area contributed by atoms with Crippen LogP contribution in [-0.4, -0.2) is 17.1 Å². The molecule has 1 heterocycles. The Balaban J connectivity index is 3.28. The van der Waals surface area contributed by atoms with E-state index in [4.69, 9.17) is 21.6 Å². The maximum absolute atomic E-state index is 8.61. The van der Waals surface area contributed by atoms with E-state index in [1.807, 2.05) is 13.0 Å². The lowest BCUT2D eigenvalue weighted by Crippen LogP contribution is -2.00. The zero-order valence-electron chi connectivity index (χ0n) is 7.33. The number of nitrogens with zero attached hydrogens (tertiary/aromatic N) is 3. The molecule has 0 atom stereocenters. The average Bonchev–Trinajstić information content (AvgIpc) is 2.17. The van der Waals surface area contributed by atoms with Gasteiger partial charge in [-0.2, -0.15) is 10.2 Å². The van der Waals surface area contributed by atoms with Gasteiger partial charge in [0.2, 0.25) is 5.88 Å². The summed E-state index contributed by atoms with van der Waals surface area (Å²) in [7, 11) is 1.48. The van der Waals surface area contributed by atoms with E-state index >= 15 is 0 Å². The SMILES string of the molecule is CCc1nc(Cl)c(C#N)nc1OC. The first-order valence-corrected chi connectivity index (χ1v) is 4.11. The van der Waals surface area contributed by atoms with Gasteiger partial charge in [0.15, 0.2) is 10.8 Å². The van der Waals surface area contributed by atoms with Crippen molar-refractivity contribution in [1.82, 2.24) is 9.97 Å². The van der Waals surface area contributed by atoms with E-state index in [0.29, 0.717) is 18.0 Å². The minimum Gasteiger partial charge on any atom is -0.480 e. The predicted octanol–water partition coefficient (Wildman–Crippen LogP) is 1.57. The standard InChI is InChI=1S/C8H8ClN3O/c1-3-5-8(13-2)12-6(4-10)7(9)11-5/h3H2,1-2H3. The number of rotatable bonds is 2. The van der Waals surface area contributed by atoms with Crippen LogP contribution >= 0.6 is 11.6 Å². The zero-order chi connectivity index (χ0) is 9.84. The number of methoxy groups -OCH3 is 1. The summed E-state index contributed by atoms with van der Waals surface area (Å²) >= 11 is 5.69. The molecule has 68 valence electrons. The molecule has 0 fully saturated rings. The minimum absolute atomic E-state index is 0.0933. The van der Waals surface area contributed by atoms with E-state index in [2.05, 4.69) is 9.97 Å². The number of aromatic nitrogens is 2. The Kier molecular flexibility index (Phi) is 3.04. The molecule has 5 heteroatoms. The second-order valence-corrected chi connectivity index (χ2v) is 2.64. The topological polar surface area (TPSA) is 58.8 Å². The highest BCUT2D eigenvalue weighted by Crippen LogP contribution is 2.19. The Morgan fingerprint density at radius 2 is 2.23 bits per heavy atom. The van der Waals surface area contributed by atoms with Gasteiger partial charge in [0.05, 0.1) is 7.11 Å². The van der Waals surface area contributed by atoms with Crippen LogP contribution in [0.5, 0.6) is 5.88 Å². The third-order valence-electron chi connectivity index (χ3n) is 1.52. The second-order valence-electron chi connectivity index (χ2n) is 2.28. The first-order valence-electron chi connectivity index (χ1n) is 3.73. The van der Waals surface area contributed by atoms with Gasteiger partial charge in [-0.3, -0.25) is 0 Å². The van der Waals surface area contributed by atoms with Crippen LogP contribution in [0.25, 0.3) is 0 Å². The van der Waals surface area contributed by atoms with Crippen LogP contribution in [0, 0.1) is 11.3 Å². The normalized spacial score (nSPS) is 9.38. The molecule has 13 heavy (non-hydrogen) atoms. The van der Waals surface area contributed by atoms with Crippen molar-refractivity contribution in [3.63, 3.8) is 0 Å². The minimum atomic E-state index is 0.0933. The fourth-order valence-electron chi connectivity index (χ4n) is 0.896. The van der Waals surface area contributed by atoms with Crippen LogP contribution in [0.3, 0.4) is 0 Å². The molecule has 1 aromatic rings. The van der Waals surface area contributed by atoms with Crippen LogP contribution in [0.1, 0.15) is 18.3 Å². The van der Waals surface area contributed by atoms with Crippen LogP contribution < -0.4 is 4.74 Å². The largest absolute Gasteiger partial charge is 0.480 e. The molecule has 0 saturated heterocycles. The first kappa shape index (κ1) is 9.75. The lowest BCUT2D eigenvalue weighted by atomic mass is 10.3. The van der Waals surface area contributed by atoms with E-state index < -0.39 is 0 Å². The van der Waals surface area contributed by atoms with Gasteiger partial charge in [0, 0.05) is 0 Å². The van der Waals surface area contributed by atoms with E-state index in [1.165, 1.54) is 7.11 Å². The van der Waals surface area contributed by atoms with Gasteiger partial charge in [-0.25, -0.2) is 4.98 Å². The number of hydrogen-bond acceptors (Lipinski definition) is 4. The first-order chi connectivity index (χ1) is 6.22. The van der Waals surface area contributed by atoms with Crippen LogP contribution in [0.15, 0.2) is 0 Å². The van der Waals surface area contributed by atoms with Gasteiger partial charge < -0.3 is 4.74 Å². The summed E-state index contributed by atoms with van der Waals surface area (Å²) in [5.74, 6) is 0.364. The second kappa shape index (κ2) is 4.06. The zero-order valence-corrected chi connectivity index (χ0v) is 8.09. The number of nitriles is 1. The molecule has 0 saturated carbocycles. The van der Waals surface area contributed by atoms with Gasteiger partial charge in [0.25, 0.3) is 0 Å². The van der Waals surface area contributed by atoms with E-state index in [1.54, 1.807) is 0 Å². The molecule has 0 unspecified atom stereocenters. The number of aryl methyl sites for hydroxylation is 1. The van der Waals surface area contributed by atoms with Crippen molar-refractivity contribution in [3.8, 4) is 11.9 Å². The fourth-order valence-corrected chi connectivity index (χ4v) is 1.08. The van der Waals surface area contributed by atoms with Gasteiger partial charge in [0.1, 0.15) is 11.8 Å². The Morgan fingerprint density at radius 1 is 1.54 bits per heavy atom. The van der Waals surface area contributed by atoms with Crippen molar-refractivity contribution in [2.24, 2.45) is 0 Å². The summed E-state index contributed by atoms with van der Waals surface area (Å²) in [6.45, 7) is 1.91. The molecule has 1 aromatic heterocycles. The summed E-state index contributed by atoms with van der Waals surface area (Å²) in [6.07, 6.45) is 0.668. The van der Waals surface area contributed by atoms with E-state index in [-0.39, 0.29) is 10.8 Å². The van der Waals surface area contributed by atoms with Gasteiger partial charge in [-0.05, 0) is 6.42 Å². The van der Waals surface area contributed by atoms with Gasteiger partial charge >= 0.3 is 0 Å². The smallest absolute Gasteiger partial charge is 0.236 e. The molecule has 0 aliphatic carbocycles. The Labute approximate surface area is 81.1 Å². The molecule has 0 spiro atoms. The van der Waals surface area contributed by atoms with Crippen molar-refractivity contribution < 1.29 is 4.74 Å². The quantitative estimate of drug-likeness (QED) is 0.722. The summed E-state index contributed by atoms with van der Waals surface area (Å²) in [5.41, 5.74) is 0.752. The van der Waals surface area contributed by atoms with Crippen LogP contribution in [-0.2, 0) is 6.42 Å². The molecule has 0 bridgehead atoms. The van der Waals surface area contributed by atoms with E-state index in [9.17, 15) is 0 Å². The van der Waals surface area contributed by atoms with E-state index in [0.717, 1.165) is 0 Å². The van der Waals surface area contributed by atoms with Crippen molar-refractivity contribution in [2.45, 2.75) is 13.3 Å². The molecule has 0 aliphatic heterocycles. The molecule has 0 aromatic carbocycles. The molecule has 0 N–H and O–H groups in total. The van der Waals surface area contributed by atoms with Gasteiger partial charge in [-0.15, -0.1) is 0 Å². The van der Waals surface area contributed by atoms with Crippen molar-refractivity contribution in [1.29, 1.82) is 5.26 Å². The fraction of sp³-hybridized carbons (Fsp3) is 0.375. The summed E-state index contributed by atoms with van der Waals surface area (Å²) in [6, 6.07) is 1.84. The lowest BCUT2D eigenvalue weighted by molar-refractivity contribution is 0.389. The summed E-state index contributed by atoms with van der Waals surface area (Å²) < 4.78 is 4.95. The number of hydrogen-bond donors (Lipinski definition) is 0. The molecule has 4 nitrogen and oxygen atoms in total. The average molecular weight is 198 g/mol. The molecular weight excluding hydrogens is 190 g/mol. The summed E-state index contributed by atoms with van der Waals surface area (Å²) in [4.78, 5) is 7.89. The number of halogens is 1. The van der Waals surface area contributed by atoms with Crippen LogP contribution in [0.4, 0.5) is 0 Å². The maximum atomic E-state index is 8.61. The third kappa shape index (κ3) is 1.87. The highest BCUT2D eigenvalue weighted by molar-refractivity contribution is 6.30. The van der Waals surface area contributed by atoms with Gasteiger partial charge in [-0.1, -0.05) is 18.5 Å². The third-order valence-corrected chi connectivity index (χ3v) is 1.79. The van der Waals surface area contributed by atoms with Crippen molar-refractivity contribution >= 4 is 11.6 Å². The Morgan fingerprint density at radius 3 is 2.69 bits per heavy atom. The summed E-state index contributed by atoms with van der Waals surface area (Å²) in [5, 5.41) is 8.73. The maximum Gasteiger partial charge on any atom is 0.236 e. The molecule has 0 radical (unpaired) electrons. The predicted molar refractivity (Wildman–Crippen MR) is 47.7 cm³/mol. The number of ether oxygens (including phenoxy) is 1.